The molecule has 1 aliphatic rings. The van der Waals surface area contributed by atoms with E-state index in [1.54, 1.807) is 45.9 Å². The Kier molecular flexibility index (Phi) is 6.29. The Morgan fingerprint density at radius 2 is 1.80 bits per heavy atom. The average Bonchev–Trinajstić information content (AvgIpc) is 2.99. The zero-order chi connectivity index (χ0) is 21.8. The van der Waals surface area contributed by atoms with Gasteiger partial charge in [0.1, 0.15) is 18.9 Å². The number of aryl methyl sites for hydroxylation is 1. The highest BCUT2D eigenvalue weighted by Crippen LogP contribution is 2.32. The molecule has 30 heavy (non-hydrogen) atoms. The molecule has 2 aromatic rings. The van der Waals surface area contributed by atoms with Crippen LogP contribution in [0, 0.1) is 13.8 Å². The van der Waals surface area contributed by atoms with Crippen molar-refractivity contribution in [2.45, 2.75) is 33.8 Å². The second kappa shape index (κ2) is 8.89. The number of anilines is 1. The number of rotatable bonds is 6. The van der Waals surface area contributed by atoms with Crippen LogP contribution in [0.25, 0.3) is 0 Å². The average molecular weight is 416 g/mol. The van der Waals surface area contributed by atoms with Crippen molar-refractivity contribution in [3.8, 4) is 11.5 Å². The summed E-state index contributed by atoms with van der Waals surface area (Å²) < 4.78 is 21.2. The molecule has 9 nitrogen and oxygen atoms in total. The van der Waals surface area contributed by atoms with E-state index in [4.69, 9.17) is 18.9 Å². The summed E-state index contributed by atoms with van der Waals surface area (Å²) in [6, 6.07) is 5.00. The van der Waals surface area contributed by atoms with Gasteiger partial charge in [0.25, 0.3) is 5.91 Å². The standard InChI is InChI=1S/C21H24N2O7/c1-11(2)30-20(25)18-12(3)19(22-13(18)4)21(26)29-10-17(24)23-14-5-6-15-16(9-14)28-8-7-27-15/h5-6,9,11,22H,7-8,10H2,1-4H3,(H,23,24). The van der Waals surface area contributed by atoms with Crippen molar-refractivity contribution in [2.24, 2.45) is 0 Å². The van der Waals surface area contributed by atoms with Crippen molar-refractivity contribution in [3.63, 3.8) is 0 Å². The summed E-state index contributed by atoms with van der Waals surface area (Å²) in [6.07, 6.45) is -0.286. The van der Waals surface area contributed by atoms with Crippen molar-refractivity contribution >= 4 is 23.5 Å². The van der Waals surface area contributed by atoms with Crippen molar-refractivity contribution < 1.29 is 33.3 Å². The van der Waals surface area contributed by atoms with Crippen LogP contribution in [0.3, 0.4) is 0 Å². The first-order chi connectivity index (χ1) is 14.3. The number of carbonyl (C=O) groups is 3. The van der Waals surface area contributed by atoms with Crippen LogP contribution in [0.5, 0.6) is 11.5 Å². The normalized spacial score (nSPS) is 12.4. The summed E-state index contributed by atoms with van der Waals surface area (Å²) in [5.41, 5.74) is 1.79. The number of hydrogen-bond acceptors (Lipinski definition) is 7. The van der Waals surface area contributed by atoms with E-state index in [1.807, 2.05) is 0 Å². The van der Waals surface area contributed by atoms with Gasteiger partial charge >= 0.3 is 11.9 Å². The molecular formula is C21H24N2O7. The SMILES string of the molecule is Cc1[nH]c(C(=O)OCC(=O)Nc2ccc3c(c2)OCCO3)c(C)c1C(=O)OC(C)C. The highest BCUT2D eigenvalue weighted by atomic mass is 16.6. The Bertz CT molecular complexity index is 978. The van der Waals surface area contributed by atoms with E-state index in [9.17, 15) is 14.4 Å². The summed E-state index contributed by atoms with van der Waals surface area (Å²) in [5, 5.41) is 2.63. The number of aromatic nitrogens is 1. The first-order valence-corrected chi connectivity index (χ1v) is 9.53. The van der Waals surface area contributed by atoms with Gasteiger partial charge in [0, 0.05) is 17.4 Å². The number of nitrogens with one attached hydrogen (secondary N) is 2. The van der Waals surface area contributed by atoms with E-state index in [2.05, 4.69) is 10.3 Å². The third-order valence-electron chi connectivity index (χ3n) is 4.35. The monoisotopic (exact) mass is 416 g/mol. The number of aromatic amines is 1. The maximum absolute atomic E-state index is 12.4. The second-order valence-corrected chi connectivity index (χ2v) is 7.06. The molecule has 2 N–H and O–H groups in total. The second-order valence-electron chi connectivity index (χ2n) is 7.06. The van der Waals surface area contributed by atoms with Crippen molar-refractivity contribution in [1.82, 2.24) is 4.98 Å². The molecule has 0 spiro atoms. The minimum atomic E-state index is -0.739. The van der Waals surface area contributed by atoms with Crippen LogP contribution in [0.15, 0.2) is 18.2 Å². The molecule has 1 aromatic carbocycles. The lowest BCUT2D eigenvalue weighted by Gasteiger charge is -2.19. The lowest BCUT2D eigenvalue weighted by Crippen LogP contribution is -2.22. The minimum absolute atomic E-state index is 0.107. The Labute approximate surface area is 173 Å². The highest BCUT2D eigenvalue weighted by molar-refractivity contribution is 6.00. The van der Waals surface area contributed by atoms with E-state index < -0.39 is 24.5 Å². The molecule has 160 valence electrons. The lowest BCUT2D eigenvalue weighted by molar-refractivity contribution is -0.119. The number of hydrogen-bond donors (Lipinski definition) is 2. The molecule has 1 aromatic heterocycles. The Morgan fingerprint density at radius 3 is 2.50 bits per heavy atom. The number of H-pyrrole nitrogens is 1. The number of esters is 2. The van der Waals surface area contributed by atoms with E-state index in [0.29, 0.717) is 41.7 Å². The summed E-state index contributed by atoms with van der Waals surface area (Å²) in [6.45, 7) is 7.18. The Balaban J connectivity index is 1.60. The van der Waals surface area contributed by atoms with Gasteiger partial charge in [0.05, 0.1) is 11.7 Å². The van der Waals surface area contributed by atoms with E-state index >= 15 is 0 Å². The number of benzene rings is 1. The molecule has 0 saturated carbocycles. The summed E-state index contributed by atoms with van der Waals surface area (Å²) in [4.78, 5) is 39.6. The minimum Gasteiger partial charge on any atom is -0.486 e. The fourth-order valence-electron chi connectivity index (χ4n) is 3.05. The number of ether oxygens (including phenoxy) is 4. The van der Waals surface area contributed by atoms with Crippen LogP contribution < -0.4 is 14.8 Å². The number of amides is 1. The van der Waals surface area contributed by atoms with Crippen LogP contribution in [0.2, 0.25) is 0 Å². The molecule has 9 heteroatoms. The summed E-state index contributed by atoms with van der Waals surface area (Å²) in [5.74, 6) is -0.631. The highest BCUT2D eigenvalue weighted by Gasteiger charge is 2.25. The maximum atomic E-state index is 12.4. The molecule has 0 radical (unpaired) electrons. The van der Waals surface area contributed by atoms with Crippen LogP contribution in [0.4, 0.5) is 5.69 Å². The van der Waals surface area contributed by atoms with Gasteiger partial charge in [-0.05, 0) is 45.4 Å². The Morgan fingerprint density at radius 1 is 1.10 bits per heavy atom. The van der Waals surface area contributed by atoms with Crippen molar-refractivity contribution in [3.05, 3.63) is 40.7 Å². The molecule has 0 atom stereocenters. The molecule has 2 heterocycles. The zero-order valence-electron chi connectivity index (χ0n) is 17.3. The van der Waals surface area contributed by atoms with Gasteiger partial charge in [-0.1, -0.05) is 0 Å². The number of fused-ring (bicyclic) bond motifs is 1. The first-order valence-electron chi connectivity index (χ1n) is 9.53. The zero-order valence-corrected chi connectivity index (χ0v) is 17.3. The maximum Gasteiger partial charge on any atom is 0.355 e. The molecule has 1 amide bonds. The molecular weight excluding hydrogens is 392 g/mol. The largest absolute Gasteiger partial charge is 0.486 e. The smallest absolute Gasteiger partial charge is 0.355 e. The molecule has 0 unspecified atom stereocenters. The fourth-order valence-corrected chi connectivity index (χ4v) is 3.05. The first kappa shape index (κ1) is 21.2. The van der Waals surface area contributed by atoms with Crippen LogP contribution in [-0.4, -0.2) is 48.8 Å². The van der Waals surface area contributed by atoms with Crippen molar-refractivity contribution in [1.29, 1.82) is 0 Å². The predicted molar refractivity (Wildman–Crippen MR) is 107 cm³/mol. The van der Waals surface area contributed by atoms with Crippen molar-refractivity contribution in [2.75, 3.05) is 25.1 Å². The van der Waals surface area contributed by atoms with Gasteiger partial charge in [0.15, 0.2) is 18.1 Å². The van der Waals surface area contributed by atoms with Crippen LogP contribution in [0.1, 0.15) is 46.0 Å². The molecule has 0 bridgehead atoms. The Hall–Kier alpha value is -3.49. The van der Waals surface area contributed by atoms with Gasteiger partial charge in [-0.25, -0.2) is 9.59 Å². The number of carbonyl (C=O) groups excluding carboxylic acids is 3. The topological polar surface area (TPSA) is 116 Å². The third-order valence-corrected chi connectivity index (χ3v) is 4.35. The van der Waals surface area contributed by atoms with Gasteiger partial charge in [0.2, 0.25) is 0 Å². The molecule has 3 rings (SSSR count). The molecule has 0 fully saturated rings. The van der Waals surface area contributed by atoms with Gasteiger partial charge in [-0.2, -0.15) is 0 Å². The molecule has 0 saturated heterocycles. The van der Waals surface area contributed by atoms with Gasteiger partial charge < -0.3 is 29.2 Å². The van der Waals surface area contributed by atoms with E-state index in [1.165, 1.54) is 0 Å². The van der Waals surface area contributed by atoms with Crippen LogP contribution >= 0.6 is 0 Å². The summed E-state index contributed by atoms with van der Waals surface area (Å²) in [7, 11) is 0. The third kappa shape index (κ3) is 4.73. The predicted octanol–water partition coefficient (Wildman–Crippen LogP) is 2.76. The fraction of sp³-hybridized carbons (Fsp3) is 0.381. The van der Waals surface area contributed by atoms with E-state index in [0.717, 1.165) is 0 Å². The van der Waals surface area contributed by atoms with Gasteiger partial charge in [-0.15, -0.1) is 0 Å². The van der Waals surface area contributed by atoms with Gasteiger partial charge in [-0.3, -0.25) is 4.79 Å². The van der Waals surface area contributed by atoms with Crippen LogP contribution in [-0.2, 0) is 14.3 Å². The quantitative estimate of drug-likeness (QED) is 0.696. The van der Waals surface area contributed by atoms with E-state index in [-0.39, 0.29) is 17.4 Å². The lowest BCUT2D eigenvalue weighted by atomic mass is 10.1. The molecule has 0 aliphatic carbocycles. The summed E-state index contributed by atoms with van der Waals surface area (Å²) >= 11 is 0. The molecule has 1 aliphatic heterocycles.